The summed E-state index contributed by atoms with van der Waals surface area (Å²) in [6, 6.07) is 6.62. The van der Waals surface area contributed by atoms with Crippen LogP contribution in [0.2, 0.25) is 0 Å². The number of nitrogens with zero attached hydrogens (tertiary/aromatic N) is 1. The van der Waals surface area contributed by atoms with Gasteiger partial charge in [0.15, 0.2) is 0 Å². The summed E-state index contributed by atoms with van der Waals surface area (Å²) in [6.45, 7) is 1.27. The standard InChI is InChI=1S/C18H24N2O6/c1-4-18(17(24)25)9-13(16(23)19-10-14(21)22)15(20(18)2)11-5-7-12(26-3)8-6-11/h5-8,13,15H,4,9-10H2,1-3H3,(H,19,23)(H,21,22)(H,24,25)/t13-,15-,18-/m0/s1. The van der Waals surface area contributed by atoms with Crippen LogP contribution in [0.3, 0.4) is 0 Å². The van der Waals surface area contributed by atoms with Crippen LogP contribution in [0, 0.1) is 5.92 Å². The Morgan fingerprint density at radius 3 is 2.35 bits per heavy atom. The molecule has 0 radical (unpaired) electrons. The maximum atomic E-state index is 12.6. The zero-order valence-corrected chi connectivity index (χ0v) is 15.1. The lowest BCUT2D eigenvalue weighted by atomic mass is 9.87. The Morgan fingerprint density at radius 2 is 1.88 bits per heavy atom. The highest BCUT2D eigenvalue weighted by molar-refractivity contribution is 5.87. The predicted molar refractivity (Wildman–Crippen MR) is 92.9 cm³/mol. The van der Waals surface area contributed by atoms with Crippen molar-refractivity contribution >= 4 is 17.8 Å². The number of amides is 1. The minimum absolute atomic E-state index is 0.109. The highest BCUT2D eigenvalue weighted by Gasteiger charge is 2.56. The summed E-state index contributed by atoms with van der Waals surface area (Å²) in [5.74, 6) is -2.62. The summed E-state index contributed by atoms with van der Waals surface area (Å²) >= 11 is 0. The van der Waals surface area contributed by atoms with Gasteiger partial charge in [0.2, 0.25) is 5.91 Å². The van der Waals surface area contributed by atoms with E-state index in [9.17, 15) is 19.5 Å². The maximum Gasteiger partial charge on any atom is 0.324 e. The lowest BCUT2D eigenvalue weighted by molar-refractivity contribution is -0.150. The van der Waals surface area contributed by atoms with Crippen molar-refractivity contribution in [1.29, 1.82) is 0 Å². The number of carboxylic acid groups (broad SMARTS) is 2. The van der Waals surface area contributed by atoms with Gasteiger partial charge in [-0.3, -0.25) is 19.3 Å². The van der Waals surface area contributed by atoms with Crippen LogP contribution in [-0.4, -0.2) is 59.2 Å². The molecule has 0 bridgehead atoms. The topological polar surface area (TPSA) is 116 Å². The molecule has 0 unspecified atom stereocenters. The van der Waals surface area contributed by atoms with E-state index in [-0.39, 0.29) is 6.42 Å². The van der Waals surface area contributed by atoms with Gasteiger partial charge >= 0.3 is 11.9 Å². The Bertz CT molecular complexity index is 689. The van der Waals surface area contributed by atoms with Crippen molar-refractivity contribution in [2.75, 3.05) is 20.7 Å². The highest BCUT2D eigenvalue weighted by atomic mass is 16.5. The van der Waals surface area contributed by atoms with Crippen molar-refractivity contribution in [3.05, 3.63) is 29.8 Å². The second kappa shape index (κ2) is 7.74. The number of likely N-dealkylation sites (N-methyl/N-ethyl adjacent to an activating group) is 1. The summed E-state index contributed by atoms with van der Waals surface area (Å²) in [4.78, 5) is 37.1. The van der Waals surface area contributed by atoms with Crippen molar-refractivity contribution < 1.29 is 29.3 Å². The van der Waals surface area contributed by atoms with Crippen molar-refractivity contribution in [2.24, 2.45) is 5.92 Å². The van der Waals surface area contributed by atoms with Crippen LogP contribution in [0.15, 0.2) is 24.3 Å². The molecule has 1 fully saturated rings. The number of rotatable bonds is 7. The average Bonchev–Trinajstić information content (AvgIpc) is 2.93. The molecule has 0 aliphatic carbocycles. The van der Waals surface area contributed by atoms with Crippen LogP contribution >= 0.6 is 0 Å². The summed E-state index contributed by atoms with van der Waals surface area (Å²) < 4.78 is 5.15. The zero-order valence-electron chi connectivity index (χ0n) is 15.1. The van der Waals surface area contributed by atoms with Gasteiger partial charge in [-0.05, 0) is 37.6 Å². The van der Waals surface area contributed by atoms with Crippen LogP contribution in [-0.2, 0) is 14.4 Å². The number of nitrogens with one attached hydrogen (secondary N) is 1. The molecule has 1 aliphatic rings. The van der Waals surface area contributed by atoms with E-state index in [1.807, 2.05) is 0 Å². The number of benzene rings is 1. The molecular weight excluding hydrogens is 340 g/mol. The molecule has 2 rings (SSSR count). The number of likely N-dealkylation sites (tertiary alicyclic amines) is 1. The molecule has 0 aromatic heterocycles. The van der Waals surface area contributed by atoms with Crippen molar-refractivity contribution in [2.45, 2.75) is 31.3 Å². The first-order valence-electron chi connectivity index (χ1n) is 8.36. The van der Waals surface area contributed by atoms with E-state index in [2.05, 4.69) is 5.32 Å². The molecule has 0 spiro atoms. The summed E-state index contributed by atoms with van der Waals surface area (Å²) in [5.41, 5.74) is -0.407. The van der Waals surface area contributed by atoms with Crippen molar-refractivity contribution in [3.63, 3.8) is 0 Å². The van der Waals surface area contributed by atoms with E-state index in [1.54, 1.807) is 50.2 Å². The van der Waals surface area contributed by atoms with E-state index in [4.69, 9.17) is 9.84 Å². The van der Waals surface area contributed by atoms with Gasteiger partial charge in [0.25, 0.3) is 0 Å². The minimum Gasteiger partial charge on any atom is -0.497 e. The number of ether oxygens (including phenoxy) is 1. The third-order valence-electron chi connectivity index (χ3n) is 5.22. The lowest BCUT2D eigenvalue weighted by Crippen LogP contribution is -2.48. The van der Waals surface area contributed by atoms with Gasteiger partial charge in [-0.15, -0.1) is 0 Å². The van der Waals surface area contributed by atoms with Gasteiger partial charge in [0.05, 0.1) is 13.0 Å². The molecule has 8 nitrogen and oxygen atoms in total. The number of hydrogen-bond acceptors (Lipinski definition) is 5. The Morgan fingerprint density at radius 1 is 1.27 bits per heavy atom. The third-order valence-corrected chi connectivity index (χ3v) is 5.22. The van der Waals surface area contributed by atoms with Crippen LogP contribution in [0.25, 0.3) is 0 Å². The van der Waals surface area contributed by atoms with E-state index >= 15 is 0 Å². The van der Waals surface area contributed by atoms with Crippen LogP contribution in [0.4, 0.5) is 0 Å². The second-order valence-electron chi connectivity index (χ2n) is 6.44. The van der Waals surface area contributed by atoms with Crippen molar-refractivity contribution in [3.8, 4) is 5.75 Å². The largest absolute Gasteiger partial charge is 0.497 e. The molecule has 1 heterocycles. The number of carbonyl (C=O) groups is 3. The smallest absolute Gasteiger partial charge is 0.324 e. The molecule has 1 aromatic carbocycles. The third kappa shape index (κ3) is 3.50. The fourth-order valence-corrected chi connectivity index (χ4v) is 3.73. The zero-order chi connectivity index (χ0) is 19.5. The van der Waals surface area contributed by atoms with Gasteiger partial charge in [-0.1, -0.05) is 19.1 Å². The first-order valence-corrected chi connectivity index (χ1v) is 8.36. The van der Waals surface area contributed by atoms with Gasteiger partial charge < -0.3 is 20.3 Å². The minimum atomic E-state index is -1.18. The van der Waals surface area contributed by atoms with Crippen LogP contribution in [0.1, 0.15) is 31.4 Å². The van der Waals surface area contributed by atoms with E-state index in [0.717, 1.165) is 5.56 Å². The predicted octanol–water partition coefficient (Wildman–Crippen LogP) is 1.12. The van der Waals surface area contributed by atoms with E-state index in [0.29, 0.717) is 12.2 Å². The molecular formula is C18H24N2O6. The molecule has 0 saturated carbocycles. The maximum absolute atomic E-state index is 12.6. The summed E-state index contributed by atoms with van der Waals surface area (Å²) in [7, 11) is 3.24. The Labute approximate surface area is 151 Å². The van der Waals surface area contributed by atoms with E-state index < -0.39 is 41.9 Å². The number of hydrogen-bond donors (Lipinski definition) is 3. The summed E-state index contributed by atoms with van der Waals surface area (Å²) in [6.07, 6.45) is 0.436. The Kier molecular flexibility index (Phi) is 5.86. The fraction of sp³-hybridized carbons (Fsp3) is 0.500. The molecule has 1 saturated heterocycles. The Balaban J connectivity index is 2.41. The molecule has 1 amide bonds. The molecule has 8 heteroatoms. The molecule has 26 heavy (non-hydrogen) atoms. The lowest BCUT2D eigenvalue weighted by Gasteiger charge is -2.34. The molecule has 1 aromatic rings. The molecule has 142 valence electrons. The van der Waals surface area contributed by atoms with Gasteiger partial charge in [0.1, 0.15) is 17.8 Å². The molecule has 3 atom stereocenters. The highest BCUT2D eigenvalue weighted by Crippen LogP contribution is 2.47. The SMILES string of the molecule is CC[C@@]1(C(=O)O)C[C@H](C(=O)NCC(=O)O)[C@H](c2ccc(OC)cc2)N1C. The van der Waals surface area contributed by atoms with Gasteiger partial charge in [-0.25, -0.2) is 0 Å². The normalized spacial score (nSPS) is 25.7. The fourth-order valence-electron chi connectivity index (χ4n) is 3.73. The van der Waals surface area contributed by atoms with Crippen LogP contribution in [0.5, 0.6) is 5.75 Å². The second-order valence-corrected chi connectivity index (χ2v) is 6.44. The first-order chi connectivity index (χ1) is 12.3. The monoisotopic (exact) mass is 364 g/mol. The van der Waals surface area contributed by atoms with Gasteiger partial charge in [-0.2, -0.15) is 0 Å². The number of methoxy groups -OCH3 is 1. The van der Waals surface area contributed by atoms with Crippen molar-refractivity contribution in [1.82, 2.24) is 10.2 Å². The number of carboxylic acids is 2. The van der Waals surface area contributed by atoms with Gasteiger partial charge in [0, 0.05) is 6.04 Å². The number of aliphatic carboxylic acids is 2. The number of carbonyl (C=O) groups excluding carboxylic acids is 1. The van der Waals surface area contributed by atoms with Crippen LogP contribution < -0.4 is 10.1 Å². The quantitative estimate of drug-likeness (QED) is 0.664. The van der Waals surface area contributed by atoms with E-state index in [1.165, 1.54) is 0 Å². The molecule has 3 N–H and O–H groups in total. The average molecular weight is 364 g/mol. The molecule has 1 aliphatic heterocycles. The summed E-state index contributed by atoms with van der Waals surface area (Å²) in [5, 5.41) is 21.0. The first kappa shape index (κ1) is 19.7. The Hall–Kier alpha value is -2.61.